The van der Waals surface area contributed by atoms with Crippen LogP contribution in [0.15, 0.2) is 0 Å². The Balaban J connectivity index is 2.30. The van der Waals surface area contributed by atoms with Gasteiger partial charge in [-0.3, -0.25) is 4.90 Å². The number of hydrogen-bond acceptors (Lipinski definition) is 2. The van der Waals surface area contributed by atoms with Crippen molar-refractivity contribution in [3.05, 3.63) is 0 Å². The van der Waals surface area contributed by atoms with Crippen molar-refractivity contribution in [3.8, 4) is 0 Å². The van der Waals surface area contributed by atoms with Gasteiger partial charge in [0.25, 0.3) is 0 Å². The fourth-order valence-electron chi connectivity index (χ4n) is 2.08. The van der Waals surface area contributed by atoms with E-state index in [9.17, 15) is 0 Å². The lowest BCUT2D eigenvalue weighted by molar-refractivity contribution is 0.148. The molecule has 0 radical (unpaired) electrons. The maximum Gasteiger partial charge on any atom is 0.00702 e. The van der Waals surface area contributed by atoms with E-state index in [1.54, 1.807) is 0 Å². The second-order valence-electron chi connectivity index (χ2n) is 5.01. The third-order valence-electron chi connectivity index (χ3n) is 3.22. The molecule has 0 spiro atoms. The molecule has 0 aliphatic heterocycles. The Hall–Kier alpha value is -0.0800. The van der Waals surface area contributed by atoms with E-state index in [2.05, 4.69) is 25.7 Å². The Morgan fingerprint density at radius 1 is 1.29 bits per heavy atom. The molecule has 2 N–H and O–H groups in total. The van der Waals surface area contributed by atoms with Gasteiger partial charge in [-0.05, 0) is 58.9 Å². The van der Waals surface area contributed by atoms with Gasteiger partial charge in [0.1, 0.15) is 0 Å². The van der Waals surface area contributed by atoms with Crippen LogP contribution in [0.25, 0.3) is 0 Å². The fourth-order valence-corrected chi connectivity index (χ4v) is 2.08. The minimum absolute atomic E-state index is 0.684. The summed E-state index contributed by atoms with van der Waals surface area (Å²) in [5, 5.41) is 0. The van der Waals surface area contributed by atoms with Crippen LogP contribution in [-0.2, 0) is 0 Å². The van der Waals surface area contributed by atoms with Crippen molar-refractivity contribution in [2.45, 2.75) is 58.5 Å². The van der Waals surface area contributed by atoms with Crippen LogP contribution in [0, 0.1) is 5.92 Å². The Morgan fingerprint density at radius 2 is 1.93 bits per heavy atom. The van der Waals surface area contributed by atoms with Crippen molar-refractivity contribution in [1.29, 1.82) is 0 Å². The van der Waals surface area contributed by atoms with E-state index in [0.717, 1.165) is 18.9 Å². The molecule has 0 aromatic heterocycles. The maximum absolute atomic E-state index is 5.55. The minimum Gasteiger partial charge on any atom is -0.330 e. The van der Waals surface area contributed by atoms with Gasteiger partial charge in [-0.1, -0.05) is 0 Å². The van der Waals surface area contributed by atoms with Gasteiger partial charge in [-0.2, -0.15) is 0 Å². The highest BCUT2D eigenvalue weighted by Crippen LogP contribution is 2.31. The van der Waals surface area contributed by atoms with Crippen LogP contribution in [0.4, 0.5) is 0 Å². The molecule has 1 atom stereocenters. The molecular formula is C12H26N2. The van der Waals surface area contributed by atoms with Gasteiger partial charge in [0.05, 0.1) is 0 Å². The average Bonchev–Trinajstić information content (AvgIpc) is 2.93. The first-order chi connectivity index (χ1) is 6.65. The van der Waals surface area contributed by atoms with Crippen molar-refractivity contribution in [2.24, 2.45) is 11.7 Å². The zero-order valence-corrected chi connectivity index (χ0v) is 10.00. The average molecular weight is 198 g/mol. The molecule has 1 rings (SSSR count). The summed E-state index contributed by atoms with van der Waals surface area (Å²) in [4.78, 5) is 2.65. The van der Waals surface area contributed by atoms with Crippen LogP contribution in [0.1, 0.15) is 46.5 Å². The molecule has 0 amide bonds. The molecule has 0 aromatic rings. The molecule has 2 nitrogen and oxygen atoms in total. The highest BCUT2D eigenvalue weighted by atomic mass is 15.2. The Kier molecular flexibility index (Phi) is 4.90. The predicted octanol–water partition coefficient (Wildman–Crippen LogP) is 2.23. The molecule has 1 aliphatic carbocycles. The van der Waals surface area contributed by atoms with Crippen LogP contribution in [0.3, 0.4) is 0 Å². The molecule has 84 valence electrons. The van der Waals surface area contributed by atoms with Crippen molar-refractivity contribution in [2.75, 3.05) is 13.1 Å². The first-order valence-corrected chi connectivity index (χ1v) is 6.11. The topological polar surface area (TPSA) is 29.3 Å². The van der Waals surface area contributed by atoms with Crippen LogP contribution in [0.2, 0.25) is 0 Å². The number of nitrogens with two attached hydrogens (primary N) is 1. The Labute approximate surface area is 88.8 Å². The highest BCUT2D eigenvalue weighted by molar-refractivity contribution is 4.81. The summed E-state index contributed by atoms with van der Waals surface area (Å²) in [5.41, 5.74) is 5.55. The van der Waals surface area contributed by atoms with E-state index in [1.807, 2.05) is 0 Å². The first kappa shape index (κ1) is 12.0. The maximum atomic E-state index is 5.55. The molecular weight excluding hydrogens is 172 g/mol. The van der Waals surface area contributed by atoms with Crippen LogP contribution < -0.4 is 5.73 Å². The highest BCUT2D eigenvalue weighted by Gasteiger charge is 2.27. The van der Waals surface area contributed by atoms with Crippen molar-refractivity contribution < 1.29 is 0 Å². The van der Waals surface area contributed by atoms with Crippen LogP contribution in [0.5, 0.6) is 0 Å². The Morgan fingerprint density at radius 3 is 2.36 bits per heavy atom. The Bertz CT molecular complexity index is 152. The van der Waals surface area contributed by atoms with E-state index in [1.165, 1.54) is 25.8 Å². The molecule has 1 aliphatic rings. The van der Waals surface area contributed by atoms with Gasteiger partial charge in [0, 0.05) is 18.6 Å². The molecule has 0 saturated heterocycles. The summed E-state index contributed by atoms with van der Waals surface area (Å²) in [6.07, 6.45) is 5.32. The molecule has 1 saturated carbocycles. The number of rotatable bonds is 7. The second kappa shape index (κ2) is 5.72. The third kappa shape index (κ3) is 3.97. The summed E-state index contributed by atoms with van der Waals surface area (Å²) in [6, 6.07) is 1.39. The number of hydrogen-bond donors (Lipinski definition) is 1. The lowest BCUT2D eigenvalue weighted by Crippen LogP contribution is -2.40. The zero-order valence-electron chi connectivity index (χ0n) is 10.00. The molecule has 0 bridgehead atoms. The third-order valence-corrected chi connectivity index (χ3v) is 3.22. The second-order valence-corrected chi connectivity index (χ2v) is 5.01. The smallest absolute Gasteiger partial charge is 0.00702 e. The SMILES string of the molecule is CC(C)N(CC1CC1)C(C)CCCN. The summed E-state index contributed by atoms with van der Waals surface area (Å²) in [7, 11) is 0. The van der Waals surface area contributed by atoms with Gasteiger partial charge in [0.15, 0.2) is 0 Å². The summed E-state index contributed by atoms with van der Waals surface area (Å²) in [6.45, 7) is 9.10. The molecule has 0 aromatic carbocycles. The molecule has 0 heterocycles. The van der Waals surface area contributed by atoms with E-state index >= 15 is 0 Å². The van der Waals surface area contributed by atoms with Gasteiger partial charge >= 0.3 is 0 Å². The molecule has 1 unspecified atom stereocenters. The largest absolute Gasteiger partial charge is 0.330 e. The minimum atomic E-state index is 0.684. The molecule has 2 heteroatoms. The van der Waals surface area contributed by atoms with Gasteiger partial charge in [-0.15, -0.1) is 0 Å². The standard InChI is InChI=1S/C12H26N2/c1-10(2)14(9-12-6-7-12)11(3)5-4-8-13/h10-12H,4-9,13H2,1-3H3. The van der Waals surface area contributed by atoms with Gasteiger partial charge < -0.3 is 5.73 Å². The van der Waals surface area contributed by atoms with Crippen molar-refractivity contribution in [1.82, 2.24) is 4.90 Å². The van der Waals surface area contributed by atoms with E-state index in [4.69, 9.17) is 5.73 Å². The first-order valence-electron chi connectivity index (χ1n) is 6.11. The zero-order chi connectivity index (χ0) is 10.6. The van der Waals surface area contributed by atoms with E-state index < -0.39 is 0 Å². The quantitative estimate of drug-likeness (QED) is 0.680. The summed E-state index contributed by atoms with van der Waals surface area (Å²) >= 11 is 0. The normalized spacial score (nSPS) is 19.3. The number of nitrogens with zero attached hydrogens (tertiary/aromatic N) is 1. The van der Waals surface area contributed by atoms with Crippen molar-refractivity contribution >= 4 is 0 Å². The predicted molar refractivity (Wildman–Crippen MR) is 62.3 cm³/mol. The lowest BCUT2D eigenvalue weighted by Gasteiger charge is -2.32. The lowest BCUT2D eigenvalue weighted by atomic mass is 10.1. The monoisotopic (exact) mass is 198 g/mol. The summed E-state index contributed by atoms with van der Waals surface area (Å²) in [5.74, 6) is 0.998. The van der Waals surface area contributed by atoms with E-state index in [0.29, 0.717) is 12.1 Å². The van der Waals surface area contributed by atoms with E-state index in [-0.39, 0.29) is 0 Å². The molecule has 1 fully saturated rings. The van der Waals surface area contributed by atoms with Crippen LogP contribution >= 0.6 is 0 Å². The van der Waals surface area contributed by atoms with Gasteiger partial charge in [0.2, 0.25) is 0 Å². The summed E-state index contributed by atoms with van der Waals surface area (Å²) < 4.78 is 0. The van der Waals surface area contributed by atoms with Crippen molar-refractivity contribution in [3.63, 3.8) is 0 Å². The van der Waals surface area contributed by atoms with Crippen LogP contribution in [-0.4, -0.2) is 30.1 Å². The van der Waals surface area contributed by atoms with Gasteiger partial charge in [-0.25, -0.2) is 0 Å². The fraction of sp³-hybridized carbons (Fsp3) is 1.00. The molecule has 14 heavy (non-hydrogen) atoms.